The standard InChI is InChI=1S/C11H13NO7/c13-7-5-18-11(10(15)9(7)14)19-8-4-2-1-3-6(8)12(16)17/h1-4,7,9-11,13-15H,5H2/t7-,9+,10-,11?/m1/s1. The Morgan fingerprint density at radius 1 is 1.26 bits per heavy atom. The summed E-state index contributed by atoms with van der Waals surface area (Å²) >= 11 is 0. The molecule has 1 aromatic rings. The zero-order chi connectivity index (χ0) is 14.0. The topological polar surface area (TPSA) is 122 Å². The van der Waals surface area contributed by atoms with E-state index in [1.807, 2.05) is 0 Å². The third-order valence-electron chi connectivity index (χ3n) is 2.76. The number of aliphatic hydroxyl groups is 3. The Balaban J connectivity index is 2.15. The van der Waals surface area contributed by atoms with E-state index >= 15 is 0 Å². The number of benzene rings is 1. The van der Waals surface area contributed by atoms with Gasteiger partial charge in [-0.3, -0.25) is 10.1 Å². The van der Waals surface area contributed by atoms with Gasteiger partial charge in [0.15, 0.2) is 5.75 Å². The number of nitro groups is 1. The van der Waals surface area contributed by atoms with E-state index in [-0.39, 0.29) is 18.0 Å². The molecule has 0 bridgehead atoms. The summed E-state index contributed by atoms with van der Waals surface area (Å²) in [5.41, 5.74) is -0.279. The van der Waals surface area contributed by atoms with Crippen LogP contribution in [0.4, 0.5) is 5.69 Å². The molecule has 8 nitrogen and oxygen atoms in total. The van der Waals surface area contributed by atoms with Gasteiger partial charge in [-0.05, 0) is 6.07 Å². The van der Waals surface area contributed by atoms with Crippen LogP contribution in [-0.2, 0) is 4.74 Å². The number of hydrogen-bond acceptors (Lipinski definition) is 7. The highest BCUT2D eigenvalue weighted by atomic mass is 16.7. The summed E-state index contributed by atoms with van der Waals surface area (Å²) in [6, 6.07) is 5.60. The molecule has 1 aromatic carbocycles. The van der Waals surface area contributed by atoms with Gasteiger partial charge in [-0.2, -0.15) is 0 Å². The SMILES string of the molecule is O=[N+]([O-])c1ccccc1OC1OC[C@@H](O)[C@H](O)[C@H]1O. The Hall–Kier alpha value is -1.74. The normalized spacial score (nSPS) is 30.9. The lowest BCUT2D eigenvalue weighted by molar-refractivity contribution is -0.386. The Kier molecular flexibility index (Phi) is 3.96. The number of nitro benzene ring substituents is 1. The Morgan fingerprint density at radius 2 is 1.95 bits per heavy atom. The van der Waals surface area contributed by atoms with E-state index in [2.05, 4.69) is 0 Å². The van der Waals surface area contributed by atoms with E-state index < -0.39 is 29.5 Å². The molecule has 2 rings (SSSR count). The molecule has 19 heavy (non-hydrogen) atoms. The molecule has 4 atom stereocenters. The average Bonchev–Trinajstić information content (AvgIpc) is 2.40. The van der Waals surface area contributed by atoms with Gasteiger partial charge < -0.3 is 24.8 Å². The molecule has 0 aromatic heterocycles. The predicted molar refractivity (Wildman–Crippen MR) is 61.5 cm³/mol. The number of aliphatic hydroxyl groups excluding tert-OH is 3. The van der Waals surface area contributed by atoms with Gasteiger partial charge in [-0.25, -0.2) is 0 Å². The minimum Gasteiger partial charge on any atom is -0.455 e. The number of rotatable bonds is 3. The zero-order valence-electron chi connectivity index (χ0n) is 9.75. The van der Waals surface area contributed by atoms with E-state index in [1.54, 1.807) is 0 Å². The second-order valence-electron chi connectivity index (χ2n) is 4.09. The van der Waals surface area contributed by atoms with Crippen molar-refractivity contribution in [2.24, 2.45) is 0 Å². The van der Waals surface area contributed by atoms with Crippen molar-refractivity contribution in [2.45, 2.75) is 24.6 Å². The lowest BCUT2D eigenvalue weighted by Gasteiger charge is -2.34. The minimum absolute atomic E-state index is 0.0832. The molecule has 3 N–H and O–H groups in total. The monoisotopic (exact) mass is 271 g/mol. The van der Waals surface area contributed by atoms with Crippen LogP contribution in [-0.4, -0.2) is 51.5 Å². The fourth-order valence-electron chi connectivity index (χ4n) is 1.72. The van der Waals surface area contributed by atoms with Crippen LogP contribution < -0.4 is 4.74 Å². The van der Waals surface area contributed by atoms with E-state index in [1.165, 1.54) is 24.3 Å². The molecular formula is C11H13NO7. The van der Waals surface area contributed by atoms with Gasteiger partial charge in [-0.15, -0.1) is 0 Å². The molecule has 1 heterocycles. The molecule has 0 amide bonds. The van der Waals surface area contributed by atoms with Gasteiger partial charge in [0, 0.05) is 6.07 Å². The molecule has 8 heteroatoms. The third kappa shape index (κ3) is 2.82. The van der Waals surface area contributed by atoms with Crippen molar-refractivity contribution in [1.82, 2.24) is 0 Å². The van der Waals surface area contributed by atoms with Crippen molar-refractivity contribution >= 4 is 5.69 Å². The fraction of sp³-hybridized carbons (Fsp3) is 0.455. The highest BCUT2D eigenvalue weighted by molar-refractivity contribution is 5.45. The van der Waals surface area contributed by atoms with Crippen molar-refractivity contribution in [3.63, 3.8) is 0 Å². The largest absolute Gasteiger partial charge is 0.455 e. The lowest BCUT2D eigenvalue weighted by atomic mass is 10.1. The van der Waals surface area contributed by atoms with Gasteiger partial charge in [0.2, 0.25) is 6.29 Å². The second-order valence-corrected chi connectivity index (χ2v) is 4.09. The average molecular weight is 271 g/mol. The second kappa shape index (κ2) is 5.49. The quantitative estimate of drug-likeness (QED) is 0.496. The summed E-state index contributed by atoms with van der Waals surface area (Å²) < 4.78 is 10.2. The van der Waals surface area contributed by atoms with E-state index in [4.69, 9.17) is 9.47 Å². The molecule has 1 unspecified atom stereocenters. The van der Waals surface area contributed by atoms with Crippen molar-refractivity contribution in [3.8, 4) is 5.75 Å². The van der Waals surface area contributed by atoms with Crippen LogP contribution in [0.2, 0.25) is 0 Å². The van der Waals surface area contributed by atoms with Gasteiger partial charge in [0.1, 0.15) is 18.3 Å². The van der Waals surface area contributed by atoms with Gasteiger partial charge in [0.05, 0.1) is 11.5 Å². The van der Waals surface area contributed by atoms with Crippen LogP contribution in [0.5, 0.6) is 5.75 Å². The molecule has 1 aliphatic heterocycles. The first kappa shape index (κ1) is 13.7. The molecule has 0 aliphatic carbocycles. The maximum Gasteiger partial charge on any atom is 0.311 e. The Bertz CT molecular complexity index is 466. The molecule has 0 spiro atoms. The molecule has 104 valence electrons. The van der Waals surface area contributed by atoms with Crippen molar-refractivity contribution in [1.29, 1.82) is 0 Å². The van der Waals surface area contributed by atoms with Gasteiger partial charge in [0.25, 0.3) is 0 Å². The van der Waals surface area contributed by atoms with Crippen LogP contribution in [0.25, 0.3) is 0 Å². The summed E-state index contributed by atoms with van der Waals surface area (Å²) in [5.74, 6) is -0.0832. The van der Waals surface area contributed by atoms with Crippen molar-refractivity contribution in [2.75, 3.05) is 6.61 Å². The highest BCUT2D eigenvalue weighted by Crippen LogP contribution is 2.29. The van der Waals surface area contributed by atoms with Crippen molar-refractivity contribution < 1.29 is 29.7 Å². The van der Waals surface area contributed by atoms with Crippen LogP contribution in [0.1, 0.15) is 0 Å². The molecule has 0 saturated carbocycles. The fourth-order valence-corrected chi connectivity index (χ4v) is 1.72. The molecule has 1 saturated heterocycles. The molecular weight excluding hydrogens is 258 g/mol. The highest BCUT2D eigenvalue weighted by Gasteiger charge is 2.39. The van der Waals surface area contributed by atoms with Crippen LogP contribution in [0.15, 0.2) is 24.3 Å². The molecule has 1 fully saturated rings. The van der Waals surface area contributed by atoms with E-state index in [9.17, 15) is 25.4 Å². The summed E-state index contributed by atoms with van der Waals surface area (Å²) in [4.78, 5) is 10.2. The first-order valence-electron chi connectivity index (χ1n) is 5.56. The van der Waals surface area contributed by atoms with Crippen LogP contribution in [0, 0.1) is 10.1 Å². The third-order valence-corrected chi connectivity index (χ3v) is 2.76. The summed E-state index contributed by atoms with van der Waals surface area (Å²) in [7, 11) is 0. The summed E-state index contributed by atoms with van der Waals surface area (Å²) in [5, 5.41) is 39.2. The summed E-state index contributed by atoms with van der Waals surface area (Å²) in [6.07, 6.45) is -5.43. The number of ether oxygens (including phenoxy) is 2. The number of para-hydroxylation sites is 2. The minimum atomic E-state index is -1.50. The smallest absolute Gasteiger partial charge is 0.311 e. The van der Waals surface area contributed by atoms with E-state index in [0.29, 0.717) is 0 Å². The van der Waals surface area contributed by atoms with Crippen molar-refractivity contribution in [3.05, 3.63) is 34.4 Å². The van der Waals surface area contributed by atoms with E-state index in [0.717, 1.165) is 0 Å². The number of nitrogens with zero attached hydrogens (tertiary/aromatic N) is 1. The zero-order valence-corrected chi connectivity index (χ0v) is 9.75. The summed E-state index contributed by atoms with van der Waals surface area (Å²) in [6.45, 7) is -0.233. The van der Waals surface area contributed by atoms with Gasteiger partial charge in [-0.1, -0.05) is 12.1 Å². The van der Waals surface area contributed by atoms with Crippen LogP contribution >= 0.6 is 0 Å². The van der Waals surface area contributed by atoms with Crippen LogP contribution in [0.3, 0.4) is 0 Å². The van der Waals surface area contributed by atoms with Gasteiger partial charge >= 0.3 is 5.69 Å². The Labute approximate surface area is 108 Å². The first-order chi connectivity index (χ1) is 9.00. The lowest BCUT2D eigenvalue weighted by Crippen LogP contribution is -2.54. The number of hydrogen-bond donors (Lipinski definition) is 3. The molecule has 1 aliphatic rings. The first-order valence-corrected chi connectivity index (χ1v) is 5.56. The predicted octanol–water partition coefficient (Wildman–Crippen LogP) is -0.587. The maximum absolute atomic E-state index is 10.8. The Morgan fingerprint density at radius 3 is 2.63 bits per heavy atom. The maximum atomic E-state index is 10.8. The molecule has 0 radical (unpaired) electrons.